The molecule has 0 aromatic heterocycles. The molecule has 0 fully saturated rings. The number of benzene rings is 1. The predicted octanol–water partition coefficient (Wildman–Crippen LogP) is 0.894. The first-order chi connectivity index (χ1) is 7.08. The van der Waals surface area contributed by atoms with E-state index in [0.717, 1.165) is 6.07 Å². The van der Waals surface area contributed by atoms with E-state index in [9.17, 15) is 8.78 Å². The van der Waals surface area contributed by atoms with Crippen molar-refractivity contribution in [3.63, 3.8) is 0 Å². The van der Waals surface area contributed by atoms with Crippen LogP contribution in [0.4, 0.5) is 8.78 Å². The molecule has 1 heterocycles. The number of rotatable bonds is 1. The molecule has 0 saturated heterocycles. The summed E-state index contributed by atoms with van der Waals surface area (Å²) in [7, 11) is 0. The molecule has 0 spiro atoms. The maximum Gasteiger partial charge on any atom is 0.200 e. The number of aliphatic hydroxyl groups excluding tert-OH is 1. The number of ether oxygens (including phenoxy) is 1. The molecular formula is C10H11F2NO2. The van der Waals surface area contributed by atoms with Crippen molar-refractivity contribution in [2.24, 2.45) is 5.73 Å². The van der Waals surface area contributed by atoms with E-state index in [2.05, 4.69) is 0 Å². The minimum Gasteiger partial charge on any atom is -0.490 e. The van der Waals surface area contributed by atoms with Gasteiger partial charge in [-0.25, -0.2) is 4.39 Å². The van der Waals surface area contributed by atoms with Gasteiger partial charge < -0.3 is 15.6 Å². The molecule has 5 heteroatoms. The van der Waals surface area contributed by atoms with Crippen molar-refractivity contribution in [1.29, 1.82) is 0 Å². The van der Waals surface area contributed by atoms with Crippen molar-refractivity contribution in [2.75, 3.05) is 13.2 Å². The van der Waals surface area contributed by atoms with Gasteiger partial charge >= 0.3 is 0 Å². The smallest absolute Gasteiger partial charge is 0.200 e. The molecule has 1 atom stereocenters. The second-order valence-electron chi connectivity index (χ2n) is 3.65. The van der Waals surface area contributed by atoms with Crippen molar-refractivity contribution >= 4 is 0 Å². The minimum absolute atomic E-state index is 0.171. The van der Waals surface area contributed by atoms with Gasteiger partial charge in [0, 0.05) is 12.0 Å². The summed E-state index contributed by atoms with van der Waals surface area (Å²) in [6.45, 7) is -0.154. The van der Waals surface area contributed by atoms with Crippen LogP contribution in [0.5, 0.6) is 5.75 Å². The second kappa shape index (κ2) is 3.43. The van der Waals surface area contributed by atoms with E-state index in [0.29, 0.717) is 12.0 Å². The SMILES string of the molecule is NC1(CO)CCOc2c1ccc(F)c2F. The van der Waals surface area contributed by atoms with Crippen LogP contribution in [0, 0.1) is 11.6 Å². The molecule has 1 aliphatic heterocycles. The maximum absolute atomic E-state index is 13.3. The van der Waals surface area contributed by atoms with Crippen molar-refractivity contribution in [1.82, 2.24) is 0 Å². The van der Waals surface area contributed by atoms with Gasteiger partial charge in [-0.3, -0.25) is 0 Å². The van der Waals surface area contributed by atoms with Crippen molar-refractivity contribution in [3.05, 3.63) is 29.3 Å². The monoisotopic (exact) mass is 215 g/mol. The highest BCUT2D eigenvalue weighted by molar-refractivity contribution is 5.42. The van der Waals surface area contributed by atoms with E-state index in [-0.39, 0.29) is 19.0 Å². The van der Waals surface area contributed by atoms with E-state index < -0.39 is 17.2 Å². The zero-order valence-electron chi connectivity index (χ0n) is 7.96. The molecule has 1 aromatic carbocycles. The Labute approximate surface area is 85.5 Å². The normalized spacial score (nSPS) is 24.5. The molecule has 3 nitrogen and oxygen atoms in total. The molecule has 1 aliphatic rings. The third-order valence-electron chi connectivity index (χ3n) is 2.66. The highest BCUT2D eigenvalue weighted by atomic mass is 19.2. The Hall–Kier alpha value is -1.20. The summed E-state index contributed by atoms with van der Waals surface area (Å²) in [5.74, 6) is -2.20. The summed E-state index contributed by atoms with van der Waals surface area (Å²) >= 11 is 0. The van der Waals surface area contributed by atoms with E-state index in [1.807, 2.05) is 0 Å². The van der Waals surface area contributed by atoms with Gasteiger partial charge in [-0.05, 0) is 6.07 Å². The van der Waals surface area contributed by atoms with Crippen molar-refractivity contribution in [3.8, 4) is 5.75 Å². The Morgan fingerprint density at radius 1 is 1.47 bits per heavy atom. The summed E-state index contributed by atoms with van der Waals surface area (Å²) in [5.41, 5.74) is 5.15. The average Bonchev–Trinajstić information content (AvgIpc) is 2.24. The number of halogens is 2. The zero-order valence-corrected chi connectivity index (χ0v) is 7.96. The summed E-state index contributed by atoms with van der Waals surface area (Å²) in [6.07, 6.45) is 0.377. The van der Waals surface area contributed by atoms with Gasteiger partial charge in [0.2, 0.25) is 5.82 Å². The van der Waals surface area contributed by atoms with Crippen LogP contribution in [0.25, 0.3) is 0 Å². The van der Waals surface area contributed by atoms with E-state index in [1.54, 1.807) is 0 Å². The van der Waals surface area contributed by atoms with Gasteiger partial charge in [0.1, 0.15) is 0 Å². The molecule has 2 rings (SSSR count). The molecule has 0 aliphatic carbocycles. The lowest BCUT2D eigenvalue weighted by molar-refractivity contribution is 0.134. The fourth-order valence-electron chi connectivity index (χ4n) is 1.70. The van der Waals surface area contributed by atoms with E-state index in [1.165, 1.54) is 6.07 Å². The van der Waals surface area contributed by atoms with Crippen LogP contribution in [0.2, 0.25) is 0 Å². The van der Waals surface area contributed by atoms with Gasteiger partial charge in [-0.1, -0.05) is 6.07 Å². The average molecular weight is 215 g/mol. The van der Waals surface area contributed by atoms with Crippen LogP contribution in [-0.2, 0) is 5.54 Å². The van der Waals surface area contributed by atoms with Crippen molar-refractivity contribution < 1.29 is 18.6 Å². The quantitative estimate of drug-likeness (QED) is 0.731. The first-order valence-electron chi connectivity index (χ1n) is 4.59. The van der Waals surface area contributed by atoms with Gasteiger partial charge in [-0.2, -0.15) is 4.39 Å². The van der Waals surface area contributed by atoms with Crippen LogP contribution in [0.1, 0.15) is 12.0 Å². The molecule has 0 bridgehead atoms. The number of aliphatic hydroxyl groups is 1. The molecule has 1 unspecified atom stereocenters. The third kappa shape index (κ3) is 1.48. The van der Waals surface area contributed by atoms with Crippen LogP contribution < -0.4 is 10.5 Å². The van der Waals surface area contributed by atoms with Crippen LogP contribution >= 0.6 is 0 Å². The highest BCUT2D eigenvalue weighted by Gasteiger charge is 2.35. The fourth-order valence-corrected chi connectivity index (χ4v) is 1.70. The molecule has 0 saturated carbocycles. The molecular weight excluding hydrogens is 204 g/mol. The number of hydrogen-bond donors (Lipinski definition) is 2. The van der Waals surface area contributed by atoms with Crippen LogP contribution in [0.15, 0.2) is 12.1 Å². The molecule has 82 valence electrons. The first-order valence-corrected chi connectivity index (χ1v) is 4.59. The third-order valence-corrected chi connectivity index (χ3v) is 2.66. The topological polar surface area (TPSA) is 55.5 Å². The standard InChI is InChI=1S/C10H11F2NO2/c11-7-2-1-6-9(8(7)12)15-4-3-10(6,13)5-14/h1-2,14H,3-5,13H2. The first kappa shape index (κ1) is 10.3. The number of nitrogens with two attached hydrogens (primary N) is 1. The Kier molecular flexibility index (Phi) is 2.36. The Morgan fingerprint density at radius 3 is 2.87 bits per heavy atom. The minimum atomic E-state index is -1.05. The Balaban J connectivity index is 2.59. The molecule has 1 aromatic rings. The van der Waals surface area contributed by atoms with Gasteiger partial charge in [0.25, 0.3) is 0 Å². The van der Waals surface area contributed by atoms with Gasteiger partial charge in [0.05, 0.1) is 18.8 Å². The maximum atomic E-state index is 13.3. The largest absolute Gasteiger partial charge is 0.490 e. The van der Waals surface area contributed by atoms with Gasteiger partial charge in [0.15, 0.2) is 11.6 Å². The highest BCUT2D eigenvalue weighted by Crippen LogP contribution is 2.37. The Bertz CT molecular complexity index is 397. The van der Waals surface area contributed by atoms with Gasteiger partial charge in [-0.15, -0.1) is 0 Å². The molecule has 0 radical (unpaired) electrons. The molecule has 3 N–H and O–H groups in total. The predicted molar refractivity (Wildman–Crippen MR) is 49.4 cm³/mol. The summed E-state index contributed by atoms with van der Waals surface area (Å²) in [5, 5.41) is 9.16. The van der Waals surface area contributed by atoms with Crippen LogP contribution in [0.3, 0.4) is 0 Å². The fraction of sp³-hybridized carbons (Fsp3) is 0.400. The lowest BCUT2D eigenvalue weighted by Gasteiger charge is -2.33. The summed E-state index contributed by atoms with van der Waals surface area (Å²) in [6, 6.07) is 2.34. The van der Waals surface area contributed by atoms with E-state index >= 15 is 0 Å². The summed E-state index contributed by atoms with van der Waals surface area (Å²) in [4.78, 5) is 0. The lowest BCUT2D eigenvalue weighted by Crippen LogP contribution is -2.45. The summed E-state index contributed by atoms with van der Waals surface area (Å²) < 4.78 is 31.3. The van der Waals surface area contributed by atoms with E-state index in [4.69, 9.17) is 15.6 Å². The Morgan fingerprint density at radius 2 is 2.20 bits per heavy atom. The zero-order chi connectivity index (χ0) is 11.1. The van der Waals surface area contributed by atoms with Crippen molar-refractivity contribution in [2.45, 2.75) is 12.0 Å². The van der Waals surface area contributed by atoms with Crippen LogP contribution in [-0.4, -0.2) is 18.3 Å². The number of fused-ring (bicyclic) bond motifs is 1. The number of hydrogen-bond acceptors (Lipinski definition) is 3. The molecule has 15 heavy (non-hydrogen) atoms. The lowest BCUT2D eigenvalue weighted by atomic mass is 9.86. The second-order valence-corrected chi connectivity index (χ2v) is 3.65. The molecule has 0 amide bonds.